The van der Waals surface area contributed by atoms with Gasteiger partial charge in [0, 0.05) is 5.10 Å². The molecule has 0 amide bonds. The molecule has 0 atom stereocenters. The third kappa shape index (κ3) is 6.18. The summed E-state index contributed by atoms with van der Waals surface area (Å²) in [5, 5.41) is 9.09. The van der Waals surface area contributed by atoms with Gasteiger partial charge in [-0.25, -0.2) is 0 Å². The molecule has 0 unspecified atom stereocenters. The van der Waals surface area contributed by atoms with E-state index >= 15 is 0 Å². The maximum Gasteiger partial charge on any atom is 0.226 e. The Morgan fingerprint density at radius 1 is 1.80 bits per heavy atom. The van der Waals surface area contributed by atoms with Crippen LogP contribution in [0.1, 0.15) is 4.88 Å². The third-order valence-electron chi connectivity index (χ3n) is 1.23. The molecule has 3 N–H and O–H groups in total. The summed E-state index contributed by atoms with van der Waals surface area (Å²) in [6.07, 6.45) is 6.86. The molecule has 1 aromatic rings. The summed E-state index contributed by atoms with van der Waals surface area (Å²) >= 11 is 2.95. The standard InChI is InChI=1S/C9H9N3S2.ClH/c1-2-5-14-9(10)12-11-7-8-4-3-6-13-8;/h1,3-4,6-7H,5H2,(H2,10,12);1H. The topological polar surface area (TPSA) is 52.3 Å². The normalized spacial score (nSPS) is 11.0. The SMILES string of the molecule is C#CCSC(N)=N[NH+]=Cc1cccs1.[Cl-]. The molecular formula is C9H10ClN3S2. The zero-order valence-corrected chi connectivity index (χ0v) is 10.2. The van der Waals surface area contributed by atoms with Gasteiger partial charge in [-0.15, -0.1) is 22.9 Å². The van der Waals surface area contributed by atoms with Crippen LogP contribution in [0.3, 0.4) is 0 Å². The number of nitrogens with one attached hydrogen (secondary N) is 1. The van der Waals surface area contributed by atoms with Crippen molar-refractivity contribution in [1.29, 1.82) is 0 Å². The highest BCUT2D eigenvalue weighted by Gasteiger charge is 1.94. The van der Waals surface area contributed by atoms with Gasteiger partial charge in [-0.2, -0.15) is 0 Å². The van der Waals surface area contributed by atoms with Gasteiger partial charge >= 0.3 is 0 Å². The minimum absolute atomic E-state index is 0. The van der Waals surface area contributed by atoms with Crippen LogP contribution in [0, 0.1) is 12.3 Å². The van der Waals surface area contributed by atoms with Crippen LogP contribution in [0.5, 0.6) is 0 Å². The Balaban J connectivity index is 0.00000196. The number of thioether (sulfide) groups is 1. The summed E-state index contributed by atoms with van der Waals surface area (Å²) in [5.41, 5.74) is 5.54. The second kappa shape index (κ2) is 8.36. The Kier molecular flexibility index (Phi) is 7.82. The average Bonchev–Trinajstić information content (AvgIpc) is 2.67. The van der Waals surface area contributed by atoms with Gasteiger partial charge < -0.3 is 18.1 Å². The third-order valence-corrected chi connectivity index (χ3v) is 2.75. The lowest BCUT2D eigenvalue weighted by Gasteiger charge is -1.86. The Morgan fingerprint density at radius 2 is 2.60 bits per heavy atom. The molecule has 0 saturated heterocycles. The number of amidine groups is 1. The molecule has 0 bridgehead atoms. The predicted octanol–water partition coefficient (Wildman–Crippen LogP) is -3.15. The molecule has 1 heterocycles. The molecule has 0 radical (unpaired) electrons. The van der Waals surface area contributed by atoms with Crippen molar-refractivity contribution < 1.29 is 17.5 Å². The fourth-order valence-corrected chi connectivity index (χ4v) is 1.62. The van der Waals surface area contributed by atoms with Gasteiger partial charge in [-0.05, 0) is 11.4 Å². The summed E-state index contributed by atoms with van der Waals surface area (Å²) in [7, 11) is 0. The first-order chi connectivity index (χ1) is 6.83. The van der Waals surface area contributed by atoms with E-state index in [4.69, 9.17) is 12.2 Å². The smallest absolute Gasteiger partial charge is 0.226 e. The number of thiophene rings is 1. The number of halogens is 1. The Morgan fingerprint density at radius 3 is 3.20 bits per heavy atom. The first-order valence-electron chi connectivity index (χ1n) is 3.84. The van der Waals surface area contributed by atoms with E-state index in [9.17, 15) is 0 Å². The molecule has 15 heavy (non-hydrogen) atoms. The molecule has 6 heteroatoms. The largest absolute Gasteiger partial charge is 1.00 e. The van der Waals surface area contributed by atoms with E-state index in [1.54, 1.807) is 17.6 Å². The van der Waals surface area contributed by atoms with Crippen molar-refractivity contribution in [3.63, 3.8) is 0 Å². The van der Waals surface area contributed by atoms with Gasteiger partial charge in [0.15, 0.2) is 0 Å². The first-order valence-corrected chi connectivity index (χ1v) is 5.71. The lowest BCUT2D eigenvalue weighted by Crippen LogP contribution is -3.00. The number of hydrogen-bond donors (Lipinski definition) is 2. The molecule has 0 aromatic carbocycles. The van der Waals surface area contributed by atoms with E-state index in [2.05, 4.69) is 16.1 Å². The highest BCUT2D eigenvalue weighted by atomic mass is 35.5. The molecule has 0 fully saturated rings. The molecule has 3 nitrogen and oxygen atoms in total. The number of nitrogens with two attached hydrogens (primary N) is 1. The van der Waals surface area contributed by atoms with Crippen LogP contribution in [-0.4, -0.2) is 17.1 Å². The maximum absolute atomic E-state index is 5.54. The highest BCUT2D eigenvalue weighted by Crippen LogP contribution is 2.02. The Bertz CT molecular complexity index is 365. The van der Waals surface area contributed by atoms with Crippen molar-refractivity contribution in [2.45, 2.75) is 0 Å². The van der Waals surface area contributed by atoms with E-state index in [1.165, 1.54) is 11.8 Å². The summed E-state index contributed by atoms with van der Waals surface area (Å²) in [6.45, 7) is 0. The molecule has 1 rings (SSSR count). The fraction of sp³-hybridized carbons (Fsp3) is 0.111. The van der Waals surface area contributed by atoms with Crippen molar-refractivity contribution in [3.05, 3.63) is 22.4 Å². The number of rotatable bonds is 3. The van der Waals surface area contributed by atoms with Crippen molar-refractivity contribution in [2.24, 2.45) is 10.8 Å². The van der Waals surface area contributed by atoms with E-state index in [0.29, 0.717) is 10.9 Å². The van der Waals surface area contributed by atoms with Gasteiger partial charge in [0.1, 0.15) is 0 Å². The van der Waals surface area contributed by atoms with Crippen molar-refractivity contribution >= 4 is 34.5 Å². The van der Waals surface area contributed by atoms with E-state index in [-0.39, 0.29) is 12.4 Å². The van der Waals surface area contributed by atoms with E-state index < -0.39 is 0 Å². The zero-order valence-electron chi connectivity index (χ0n) is 7.81. The summed E-state index contributed by atoms with van der Waals surface area (Å²) in [5.74, 6) is 3.01. The lowest BCUT2D eigenvalue weighted by molar-refractivity contribution is -0.455. The Labute approximate surface area is 103 Å². The molecule has 0 aliphatic heterocycles. The van der Waals surface area contributed by atoms with Crippen molar-refractivity contribution in [3.8, 4) is 12.3 Å². The molecule has 0 aliphatic carbocycles. The second-order valence-corrected chi connectivity index (χ2v) is 4.21. The second-order valence-electron chi connectivity index (χ2n) is 2.23. The van der Waals surface area contributed by atoms with Crippen LogP contribution in [0.25, 0.3) is 0 Å². The molecule has 0 aliphatic rings. The number of hydrogen-bond acceptors (Lipinski definition) is 3. The Hall–Kier alpha value is -0.960. The minimum atomic E-state index is 0. The van der Waals surface area contributed by atoms with Crippen LogP contribution in [0.4, 0.5) is 0 Å². The van der Waals surface area contributed by atoms with Gasteiger partial charge in [-0.1, -0.05) is 23.7 Å². The monoisotopic (exact) mass is 259 g/mol. The van der Waals surface area contributed by atoms with Crippen LogP contribution < -0.4 is 23.2 Å². The molecular weight excluding hydrogens is 250 g/mol. The number of hydrazone groups is 1. The van der Waals surface area contributed by atoms with Gasteiger partial charge in [-0.3, -0.25) is 0 Å². The minimum Gasteiger partial charge on any atom is -1.00 e. The lowest BCUT2D eigenvalue weighted by atomic mass is 10.5. The predicted molar refractivity (Wildman–Crippen MR) is 63.4 cm³/mol. The van der Waals surface area contributed by atoms with Crippen LogP contribution in [0.15, 0.2) is 22.6 Å². The molecule has 80 valence electrons. The fourth-order valence-electron chi connectivity index (χ4n) is 0.681. The van der Waals surface area contributed by atoms with E-state index in [0.717, 1.165) is 4.88 Å². The van der Waals surface area contributed by atoms with Crippen LogP contribution in [0.2, 0.25) is 0 Å². The summed E-state index contributed by atoms with van der Waals surface area (Å²) in [6, 6.07) is 3.95. The number of terminal acetylenes is 1. The molecule has 0 saturated carbocycles. The molecule has 0 spiro atoms. The van der Waals surface area contributed by atoms with Crippen LogP contribution in [-0.2, 0) is 0 Å². The van der Waals surface area contributed by atoms with Gasteiger partial charge in [0.05, 0.1) is 10.6 Å². The van der Waals surface area contributed by atoms with Gasteiger partial charge in [0.25, 0.3) is 0 Å². The summed E-state index contributed by atoms with van der Waals surface area (Å²) < 4.78 is 0. The average molecular weight is 260 g/mol. The van der Waals surface area contributed by atoms with Gasteiger partial charge in [0.2, 0.25) is 11.4 Å². The summed E-state index contributed by atoms with van der Waals surface area (Å²) in [4.78, 5) is 1.10. The highest BCUT2D eigenvalue weighted by molar-refractivity contribution is 8.13. The number of nitrogens with zero attached hydrogens (tertiary/aromatic N) is 1. The zero-order chi connectivity index (χ0) is 10.2. The van der Waals surface area contributed by atoms with Crippen molar-refractivity contribution in [1.82, 2.24) is 0 Å². The van der Waals surface area contributed by atoms with E-state index in [1.807, 2.05) is 17.5 Å². The quantitative estimate of drug-likeness (QED) is 0.261. The van der Waals surface area contributed by atoms with Crippen LogP contribution >= 0.6 is 23.1 Å². The first kappa shape index (κ1) is 14.0. The van der Waals surface area contributed by atoms with Crippen molar-refractivity contribution in [2.75, 3.05) is 5.75 Å². The maximum atomic E-state index is 5.54. The molecule has 1 aromatic heterocycles.